The van der Waals surface area contributed by atoms with E-state index in [0.29, 0.717) is 41.9 Å². The number of nitrogens with zero attached hydrogens (tertiary/aromatic N) is 5. The van der Waals surface area contributed by atoms with Gasteiger partial charge < -0.3 is 19.7 Å². The highest BCUT2D eigenvalue weighted by Crippen LogP contribution is 2.20. The van der Waals surface area contributed by atoms with E-state index in [4.69, 9.17) is 0 Å². The molecule has 0 unspecified atom stereocenters. The van der Waals surface area contributed by atoms with Gasteiger partial charge in [0.25, 0.3) is 5.91 Å². The summed E-state index contributed by atoms with van der Waals surface area (Å²) < 4.78 is 1.95. The molecule has 2 aromatic carbocycles. The van der Waals surface area contributed by atoms with Crippen LogP contribution in [0, 0.1) is 6.92 Å². The van der Waals surface area contributed by atoms with Crippen LogP contribution in [0.4, 0.5) is 5.69 Å². The van der Waals surface area contributed by atoms with Crippen LogP contribution in [0.15, 0.2) is 59.8 Å². The fraction of sp³-hybridized carbons (Fsp3) is 0.360. The summed E-state index contributed by atoms with van der Waals surface area (Å²) in [6, 6.07) is 17.7. The zero-order chi connectivity index (χ0) is 23.9. The molecule has 0 spiro atoms. The van der Waals surface area contributed by atoms with Crippen LogP contribution in [-0.4, -0.2) is 63.4 Å². The Balaban J connectivity index is 1.27. The first kappa shape index (κ1) is 23.8. The average molecular weight is 479 g/mol. The van der Waals surface area contributed by atoms with Crippen LogP contribution in [0.3, 0.4) is 0 Å². The smallest absolute Gasteiger partial charge is 0.251 e. The van der Waals surface area contributed by atoms with Crippen LogP contribution >= 0.6 is 11.8 Å². The Morgan fingerprint density at radius 1 is 0.971 bits per heavy atom. The zero-order valence-corrected chi connectivity index (χ0v) is 20.4. The van der Waals surface area contributed by atoms with Gasteiger partial charge in [-0.3, -0.25) is 9.59 Å². The lowest BCUT2D eigenvalue weighted by molar-refractivity contribution is -0.128. The molecule has 1 aromatic heterocycles. The van der Waals surface area contributed by atoms with E-state index < -0.39 is 0 Å². The van der Waals surface area contributed by atoms with Gasteiger partial charge in [-0.1, -0.05) is 47.7 Å². The molecule has 34 heavy (non-hydrogen) atoms. The lowest BCUT2D eigenvalue weighted by Crippen LogP contribution is -2.49. The van der Waals surface area contributed by atoms with Gasteiger partial charge in [-0.05, 0) is 38.1 Å². The van der Waals surface area contributed by atoms with Crippen LogP contribution in [0.2, 0.25) is 0 Å². The highest BCUT2D eigenvalue weighted by Gasteiger charge is 2.22. The van der Waals surface area contributed by atoms with E-state index in [1.807, 2.05) is 65.8 Å². The van der Waals surface area contributed by atoms with Gasteiger partial charge in [-0.2, -0.15) is 0 Å². The number of nitrogens with one attached hydrogen (secondary N) is 1. The number of aromatic nitrogens is 3. The molecule has 0 aliphatic carbocycles. The first-order valence-electron chi connectivity index (χ1n) is 11.5. The summed E-state index contributed by atoms with van der Waals surface area (Å²) in [5, 5.41) is 12.1. The van der Waals surface area contributed by atoms with Crippen molar-refractivity contribution in [1.82, 2.24) is 25.0 Å². The van der Waals surface area contributed by atoms with Crippen molar-refractivity contribution in [1.29, 1.82) is 0 Å². The molecule has 0 saturated carbocycles. The molecule has 1 aliphatic heterocycles. The number of rotatable bonds is 8. The van der Waals surface area contributed by atoms with Crippen molar-refractivity contribution in [2.75, 3.05) is 36.8 Å². The van der Waals surface area contributed by atoms with Crippen molar-refractivity contribution in [3.8, 4) is 0 Å². The summed E-state index contributed by atoms with van der Waals surface area (Å²) in [5.41, 5.74) is 2.92. The monoisotopic (exact) mass is 478 g/mol. The molecule has 9 heteroatoms. The number of aryl methyl sites for hydroxylation is 1. The maximum Gasteiger partial charge on any atom is 0.251 e. The molecule has 1 saturated heterocycles. The SMILES string of the molecule is CCn1c(CNC(=O)c2ccc(C)cc2)nnc1SCC(=O)N1CCN(c2ccccc2)CC1. The summed E-state index contributed by atoms with van der Waals surface area (Å²) in [4.78, 5) is 29.4. The van der Waals surface area contributed by atoms with Crippen molar-refractivity contribution in [3.63, 3.8) is 0 Å². The molecule has 0 atom stereocenters. The quantitative estimate of drug-likeness (QED) is 0.501. The van der Waals surface area contributed by atoms with Crippen LogP contribution in [-0.2, 0) is 17.9 Å². The van der Waals surface area contributed by atoms with Gasteiger partial charge in [-0.25, -0.2) is 0 Å². The Bertz CT molecular complexity index is 1110. The molecule has 0 bridgehead atoms. The molecule has 0 radical (unpaired) electrons. The number of benzene rings is 2. The van der Waals surface area contributed by atoms with Gasteiger partial charge in [0.2, 0.25) is 5.91 Å². The fourth-order valence-electron chi connectivity index (χ4n) is 3.91. The van der Waals surface area contributed by atoms with Gasteiger partial charge in [0.05, 0.1) is 12.3 Å². The van der Waals surface area contributed by atoms with E-state index in [2.05, 4.69) is 32.5 Å². The number of amides is 2. The van der Waals surface area contributed by atoms with Gasteiger partial charge in [-0.15, -0.1) is 10.2 Å². The number of anilines is 1. The highest BCUT2D eigenvalue weighted by atomic mass is 32.2. The number of hydrogen-bond donors (Lipinski definition) is 1. The minimum absolute atomic E-state index is 0.109. The molecule has 3 aromatic rings. The number of carbonyl (C=O) groups is 2. The Morgan fingerprint density at radius 2 is 1.68 bits per heavy atom. The molecule has 178 valence electrons. The minimum atomic E-state index is -0.148. The molecule has 4 rings (SSSR count). The largest absolute Gasteiger partial charge is 0.368 e. The van der Waals surface area contributed by atoms with Crippen molar-refractivity contribution in [2.45, 2.75) is 32.1 Å². The third-order valence-electron chi connectivity index (χ3n) is 5.91. The Morgan fingerprint density at radius 3 is 2.35 bits per heavy atom. The number of thioether (sulfide) groups is 1. The molecule has 1 fully saturated rings. The normalized spacial score (nSPS) is 13.7. The maximum atomic E-state index is 12.8. The number of carbonyl (C=O) groups excluding carboxylic acids is 2. The molecule has 2 amide bonds. The van der Waals surface area contributed by atoms with Crippen molar-refractivity contribution >= 4 is 29.3 Å². The lowest BCUT2D eigenvalue weighted by atomic mass is 10.1. The van der Waals surface area contributed by atoms with Crippen molar-refractivity contribution in [2.24, 2.45) is 0 Å². The Labute approximate surface area is 204 Å². The standard InChI is InChI=1S/C25H30N6O2S/c1-3-31-22(17-26-24(33)20-11-9-19(2)10-12-20)27-28-25(31)34-18-23(32)30-15-13-29(14-16-30)21-7-5-4-6-8-21/h4-12H,3,13-18H2,1-2H3,(H,26,33). The third kappa shape index (κ3) is 5.77. The van der Waals surface area contributed by atoms with Crippen molar-refractivity contribution < 1.29 is 9.59 Å². The summed E-state index contributed by atoms with van der Waals surface area (Å²) in [6.45, 7) is 8.02. The van der Waals surface area contributed by atoms with E-state index >= 15 is 0 Å². The fourth-order valence-corrected chi connectivity index (χ4v) is 4.83. The van der Waals surface area contributed by atoms with Gasteiger partial charge >= 0.3 is 0 Å². The molecule has 1 aliphatic rings. The third-order valence-corrected chi connectivity index (χ3v) is 6.86. The predicted molar refractivity (Wildman–Crippen MR) is 134 cm³/mol. The first-order valence-corrected chi connectivity index (χ1v) is 12.5. The first-order chi connectivity index (χ1) is 16.5. The van der Waals surface area contributed by atoms with Crippen LogP contribution in [0.5, 0.6) is 0 Å². The minimum Gasteiger partial charge on any atom is -0.368 e. The molecule has 2 heterocycles. The average Bonchev–Trinajstić information content (AvgIpc) is 3.28. The lowest BCUT2D eigenvalue weighted by Gasteiger charge is -2.36. The summed E-state index contributed by atoms with van der Waals surface area (Å²) in [5.74, 6) is 0.954. The van der Waals surface area contributed by atoms with E-state index in [1.54, 1.807) is 0 Å². The second-order valence-electron chi connectivity index (χ2n) is 8.18. The summed E-state index contributed by atoms with van der Waals surface area (Å²) >= 11 is 1.40. The molecular weight excluding hydrogens is 448 g/mol. The Hall–Kier alpha value is -3.33. The van der Waals surface area contributed by atoms with Gasteiger partial charge in [0, 0.05) is 44.0 Å². The van der Waals surface area contributed by atoms with E-state index in [-0.39, 0.29) is 18.4 Å². The second kappa shape index (κ2) is 11.2. The Kier molecular flexibility index (Phi) is 7.84. The molecule has 8 nitrogen and oxygen atoms in total. The number of para-hydroxylation sites is 1. The maximum absolute atomic E-state index is 12.8. The topological polar surface area (TPSA) is 83.4 Å². The van der Waals surface area contributed by atoms with Crippen LogP contribution in [0.25, 0.3) is 0 Å². The van der Waals surface area contributed by atoms with E-state index in [0.717, 1.165) is 18.7 Å². The van der Waals surface area contributed by atoms with E-state index in [9.17, 15) is 9.59 Å². The van der Waals surface area contributed by atoms with E-state index in [1.165, 1.54) is 17.4 Å². The second-order valence-corrected chi connectivity index (χ2v) is 9.13. The van der Waals surface area contributed by atoms with Crippen LogP contribution < -0.4 is 10.2 Å². The van der Waals surface area contributed by atoms with Gasteiger partial charge in [0.1, 0.15) is 0 Å². The number of hydrogen-bond acceptors (Lipinski definition) is 6. The zero-order valence-electron chi connectivity index (χ0n) is 19.6. The molecule has 1 N–H and O–H groups in total. The summed E-state index contributed by atoms with van der Waals surface area (Å²) in [7, 11) is 0. The van der Waals surface area contributed by atoms with Crippen molar-refractivity contribution in [3.05, 3.63) is 71.5 Å². The predicted octanol–water partition coefficient (Wildman–Crippen LogP) is 2.98. The highest BCUT2D eigenvalue weighted by molar-refractivity contribution is 7.99. The summed E-state index contributed by atoms with van der Waals surface area (Å²) in [6.07, 6.45) is 0. The van der Waals surface area contributed by atoms with Gasteiger partial charge in [0.15, 0.2) is 11.0 Å². The number of piperazine rings is 1. The molecular formula is C25H30N6O2S. The van der Waals surface area contributed by atoms with Crippen LogP contribution in [0.1, 0.15) is 28.7 Å².